The standard InChI is InChI=1S/C24H32N2O/c1-16-3-6-22-21(11-16)23(25-17(2)27)14-24(22)7-9-26(10-8-24)15-20-13-18-4-5-19(20)12-18/h3-6,11,18-20,23H,7-10,12-15H2,1-2H3,(H,25,27)/t18?,19?,20?,23-/m0/s1. The fourth-order valence-electron chi connectivity index (χ4n) is 6.51. The maximum Gasteiger partial charge on any atom is 0.217 e. The number of benzene rings is 1. The number of fused-ring (bicyclic) bond motifs is 4. The molecule has 144 valence electrons. The second-order valence-electron chi connectivity index (χ2n) is 9.67. The van der Waals surface area contributed by atoms with Crippen molar-refractivity contribution in [2.75, 3.05) is 19.6 Å². The lowest BCUT2D eigenvalue weighted by atomic mass is 9.73. The van der Waals surface area contributed by atoms with Gasteiger partial charge in [0.05, 0.1) is 6.04 Å². The number of hydrogen-bond donors (Lipinski definition) is 1. The molecule has 1 saturated heterocycles. The Morgan fingerprint density at radius 1 is 1.22 bits per heavy atom. The van der Waals surface area contributed by atoms with Crippen LogP contribution in [0.1, 0.15) is 61.8 Å². The smallest absolute Gasteiger partial charge is 0.217 e. The molecule has 1 amide bonds. The molecule has 2 fully saturated rings. The van der Waals surface area contributed by atoms with Gasteiger partial charge in [0.15, 0.2) is 0 Å². The van der Waals surface area contributed by atoms with Gasteiger partial charge in [-0.3, -0.25) is 4.79 Å². The Labute approximate surface area is 163 Å². The van der Waals surface area contributed by atoms with Crippen LogP contribution in [0.3, 0.4) is 0 Å². The first-order chi connectivity index (χ1) is 13.0. The molecule has 1 aliphatic heterocycles. The third-order valence-corrected chi connectivity index (χ3v) is 7.85. The average Bonchev–Trinajstić information content (AvgIpc) is 3.31. The molecule has 3 nitrogen and oxygen atoms in total. The van der Waals surface area contributed by atoms with E-state index in [-0.39, 0.29) is 17.4 Å². The molecule has 1 aromatic rings. The number of hydrogen-bond acceptors (Lipinski definition) is 2. The molecule has 3 unspecified atom stereocenters. The number of nitrogens with zero attached hydrogens (tertiary/aromatic N) is 1. The molecular formula is C24H32N2O. The number of aryl methyl sites for hydroxylation is 1. The van der Waals surface area contributed by atoms with Gasteiger partial charge in [-0.25, -0.2) is 0 Å². The summed E-state index contributed by atoms with van der Waals surface area (Å²) in [7, 11) is 0. The molecule has 27 heavy (non-hydrogen) atoms. The van der Waals surface area contributed by atoms with Crippen molar-refractivity contribution >= 4 is 5.91 Å². The molecule has 1 saturated carbocycles. The van der Waals surface area contributed by atoms with E-state index in [0.717, 1.165) is 24.2 Å². The molecule has 1 aromatic carbocycles. The van der Waals surface area contributed by atoms with E-state index in [1.807, 2.05) is 0 Å². The van der Waals surface area contributed by atoms with Gasteiger partial charge in [0, 0.05) is 18.9 Å². The number of nitrogens with one attached hydrogen (secondary N) is 1. The molecule has 3 aliphatic carbocycles. The molecule has 4 atom stereocenters. The number of amides is 1. The van der Waals surface area contributed by atoms with E-state index in [2.05, 4.69) is 47.5 Å². The van der Waals surface area contributed by atoms with Crippen LogP contribution in [-0.2, 0) is 10.2 Å². The van der Waals surface area contributed by atoms with Gasteiger partial charge in [0.1, 0.15) is 0 Å². The largest absolute Gasteiger partial charge is 0.349 e. The first-order valence-corrected chi connectivity index (χ1v) is 10.8. The van der Waals surface area contributed by atoms with Crippen LogP contribution >= 0.6 is 0 Å². The summed E-state index contributed by atoms with van der Waals surface area (Å²) in [6.45, 7) is 7.50. The summed E-state index contributed by atoms with van der Waals surface area (Å²) in [6.07, 6.45) is 11.3. The van der Waals surface area contributed by atoms with Crippen molar-refractivity contribution in [1.82, 2.24) is 10.2 Å². The molecular weight excluding hydrogens is 332 g/mol. The van der Waals surface area contributed by atoms with Crippen molar-refractivity contribution in [3.63, 3.8) is 0 Å². The van der Waals surface area contributed by atoms with Gasteiger partial charge in [-0.2, -0.15) is 0 Å². The predicted molar refractivity (Wildman–Crippen MR) is 109 cm³/mol. The normalized spacial score (nSPS) is 33.6. The maximum atomic E-state index is 11.7. The summed E-state index contributed by atoms with van der Waals surface area (Å²) in [4.78, 5) is 14.5. The van der Waals surface area contributed by atoms with E-state index < -0.39 is 0 Å². The van der Waals surface area contributed by atoms with Gasteiger partial charge in [-0.05, 0) is 81.0 Å². The summed E-state index contributed by atoms with van der Waals surface area (Å²) >= 11 is 0. The molecule has 3 heteroatoms. The molecule has 1 spiro atoms. The summed E-state index contributed by atoms with van der Waals surface area (Å²) in [5.41, 5.74) is 4.44. The minimum atomic E-state index is 0.0892. The lowest BCUT2D eigenvalue weighted by Gasteiger charge is -2.41. The SMILES string of the molecule is CC(=O)N[C@H]1CC2(CCN(CC3CC4C=CC3C4)CC2)c2ccc(C)cc21. The topological polar surface area (TPSA) is 32.3 Å². The lowest BCUT2D eigenvalue weighted by Crippen LogP contribution is -2.44. The number of piperidine rings is 1. The number of carbonyl (C=O) groups excluding carboxylic acids is 1. The molecule has 1 heterocycles. The van der Waals surface area contributed by atoms with Crippen molar-refractivity contribution in [1.29, 1.82) is 0 Å². The van der Waals surface area contributed by atoms with Crippen LogP contribution in [0.5, 0.6) is 0 Å². The van der Waals surface area contributed by atoms with Gasteiger partial charge in [0.25, 0.3) is 0 Å². The Morgan fingerprint density at radius 3 is 2.70 bits per heavy atom. The number of rotatable bonds is 3. The minimum Gasteiger partial charge on any atom is -0.349 e. The summed E-state index contributed by atoms with van der Waals surface area (Å²) in [5, 5.41) is 3.22. The van der Waals surface area contributed by atoms with Crippen LogP contribution in [0.15, 0.2) is 30.4 Å². The second kappa shape index (κ2) is 6.48. The summed E-state index contributed by atoms with van der Waals surface area (Å²) < 4.78 is 0. The van der Waals surface area contributed by atoms with E-state index in [0.29, 0.717) is 0 Å². The Kier molecular flexibility index (Phi) is 4.19. The first kappa shape index (κ1) is 17.5. The van der Waals surface area contributed by atoms with Crippen molar-refractivity contribution in [3.8, 4) is 0 Å². The highest BCUT2D eigenvalue weighted by Gasteiger charge is 2.46. The Hall–Kier alpha value is -1.61. The lowest BCUT2D eigenvalue weighted by molar-refractivity contribution is -0.119. The van der Waals surface area contributed by atoms with Crippen LogP contribution in [0, 0.1) is 24.7 Å². The van der Waals surface area contributed by atoms with E-state index >= 15 is 0 Å². The third-order valence-electron chi connectivity index (χ3n) is 7.85. The predicted octanol–water partition coefficient (Wildman–Crippen LogP) is 4.12. The van der Waals surface area contributed by atoms with Crippen LogP contribution in [0.4, 0.5) is 0 Å². The fraction of sp³-hybridized carbons (Fsp3) is 0.625. The number of allylic oxidation sites excluding steroid dienone is 2. The summed E-state index contributed by atoms with van der Waals surface area (Å²) in [5.74, 6) is 2.70. The monoisotopic (exact) mass is 364 g/mol. The van der Waals surface area contributed by atoms with Gasteiger partial charge in [-0.1, -0.05) is 35.9 Å². The van der Waals surface area contributed by atoms with Crippen LogP contribution < -0.4 is 5.32 Å². The maximum absolute atomic E-state index is 11.7. The van der Waals surface area contributed by atoms with Crippen LogP contribution in [0.2, 0.25) is 0 Å². The van der Waals surface area contributed by atoms with Crippen LogP contribution in [0.25, 0.3) is 0 Å². The second-order valence-corrected chi connectivity index (χ2v) is 9.67. The van der Waals surface area contributed by atoms with Crippen molar-refractivity contribution in [2.45, 2.75) is 57.4 Å². The minimum absolute atomic E-state index is 0.0892. The molecule has 1 N–H and O–H groups in total. The van der Waals surface area contributed by atoms with E-state index in [9.17, 15) is 4.79 Å². The number of carbonyl (C=O) groups is 1. The summed E-state index contributed by atoms with van der Waals surface area (Å²) in [6, 6.07) is 7.10. The third kappa shape index (κ3) is 3.04. The Balaban J connectivity index is 1.30. The van der Waals surface area contributed by atoms with E-state index in [4.69, 9.17) is 0 Å². The zero-order valence-electron chi connectivity index (χ0n) is 16.7. The van der Waals surface area contributed by atoms with Gasteiger partial charge >= 0.3 is 0 Å². The molecule has 5 rings (SSSR count). The fourth-order valence-corrected chi connectivity index (χ4v) is 6.51. The van der Waals surface area contributed by atoms with Crippen molar-refractivity contribution in [3.05, 3.63) is 47.0 Å². The van der Waals surface area contributed by atoms with Crippen molar-refractivity contribution in [2.24, 2.45) is 17.8 Å². The highest BCUT2D eigenvalue weighted by atomic mass is 16.1. The zero-order valence-corrected chi connectivity index (χ0v) is 16.7. The Morgan fingerprint density at radius 2 is 2.04 bits per heavy atom. The van der Waals surface area contributed by atoms with E-state index in [1.54, 1.807) is 6.92 Å². The van der Waals surface area contributed by atoms with Gasteiger partial charge in [-0.15, -0.1) is 0 Å². The molecule has 4 aliphatic rings. The molecule has 2 bridgehead atoms. The van der Waals surface area contributed by atoms with E-state index in [1.165, 1.54) is 62.0 Å². The highest BCUT2D eigenvalue weighted by molar-refractivity contribution is 5.74. The quantitative estimate of drug-likeness (QED) is 0.818. The van der Waals surface area contributed by atoms with Gasteiger partial charge in [0.2, 0.25) is 5.91 Å². The van der Waals surface area contributed by atoms with Crippen LogP contribution in [-0.4, -0.2) is 30.4 Å². The van der Waals surface area contributed by atoms with Gasteiger partial charge < -0.3 is 10.2 Å². The van der Waals surface area contributed by atoms with Crippen molar-refractivity contribution < 1.29 is 4.79 Å². The Bertz CT molecular complexity index is 775. The molecule has 0 aromatic heterocycles. The molecule has 0 radical (unpaired) electrons. The average molecular weight is 365 g/mol. The zero-order chi connectivity index (χ0) is 18.6. The highest BCUT2D eigenvalue weighted by Crippen LogP contribution is 2.51. The number of likely N-dealkylation sites (tertiary alicyclic amines) is 1. The first-order valence-electron chi connectivity index (χ1n) is 10.8.